The molecule has 25 heavy (non-hydrogen) atoms. The van der Waals surface area contributed by atoms with E-state index in [0.717, 1.165) is 25.7 Å². The highest BCUT2D eigenvalue weighted by atomic mass is 35.5. The molecule has 0 saturated heterocycles. The molecule has 0 aliphatic heterocycles. The topological polar surface area (TPSA) is 38.3 Å². The Morgan fingerprint density at radius 3 is 2.52 bits per heavy atom. The van der Waals surface area contributed by atoms with Crippen LogP contribution in [-0.2, 0) is 24.0 Å². The van der Waals surface area contributed by atoms with E-state index in [9.17, 15) is 4.79 Å². The lowest BCUT2D eigenvalue weighted by atomic mass is 9.82. The van der Waals surface area contributed by atoms with Crippen LogP contribution in [0, 0.1) is 0 Å². The van der Waals surface area contributed by atoms with Gasteiger partial charge in [-0.2, -0.15) is 0 Å². The van der Waals surface area contributed by atoms with E-state index < -0.39 is 6.09 Å². The van der Waals surface area contributed by atoms with E-state index in [0.29, 0.717) is 10.7 Å². The first-order chi connectivity index (χ1) is 12.2. The summed E-state index contributed by atoms with van der Waals surface area (Å²) in [4.78, 5) is 12.3. The van der Waals surface area contributed by atoms with Gasteiger partial charge in [0, 0.05) is 0 Å². The van der Waals surface area contributed by atoms with Crippen LogP contribution in [0.3, 0.4) is 0 Å². The fourth-order valence-corrected chi connectivity index (χ4v) is 4.14. The van der Waals surface area contributed by atoms with Gasteiger partial charge in [0.05, 0.1) is 10.7 Å². The number of hydrogen-bond acceptors (Lipinski definition) is 2. The van der Waals surface area contributed by atoms with Crippen LogP contribution in [0.25, 0.3) is 0 Å². The highest BCUT2D eigenvalue weighted by molar-refractivity contribution is 6.33. The SMILES string of the molecule is O=C(Nc1ccccc1Cl)OC1CCCc2cc3c(cc21)CCCC3. The lowest BCUT2D eigenvalue weighted by molar-refractivity contribution is 0.0998. The van der Waals surface area contributed by atoms with Crippen molar-refractivity contribution in [3.8, 4) is 0 Å². The minimum Gasteiger partial charge on any atom is -0.441 e. The predicted octanol–water partition coefficient (Wildman–Crippen LogP) is 5.84. The Morgan fingerprint density at radius 2 is 1.72 bits per heavy atom. The van der Waals surface area contributed by atoms with E-state index >= 15 is 0 Å². The molecule has 4 rings (SSSR count). The molecule has 1 unspecified atom stereocenters. The summed E-state index contributed by atoms with van der Waals surface area (Å²) in [6.07, 6.45) is 7.26. The molecular formula is C21H22ClNO2. The smallest absolute Gasteiger partial charge is 0.412 e. The average Bonchev–Trinajstić information content (AvgIpc) is 2.62. The van der Waals surface area contributed by atoms with Crippen molar-refractivity contribution in [2.45, 2.75) is 51.0 Å². The number of aryl methyl sites for hydroxylation is 3. The Kier molecular flexibility index (Phi) is 4.67. The number of fused-ring (bicyclic) bond motifs is 2. The van der Waals surface area contributed by atoms with Gasteiger partial charge in [0.2, 0.25) is 0 Å². The number of amides is 1. The zero-order chi connectivity index (χ0) is 17.2. The van der Waals surface area contributed by atoms with Crippen LogP contribution < -0.4 is 5.32 Å². The van der Waals surface area contributed by atoms with Gasteiger partial charge in [0.25, 0.3) is 0 Å². The summed E-state index contributed by atoms with van der Waals surface area (Å²) in [5.41, 5.74) is 6.05. The Morgan fingerprint density at radius 1 is 1.00 bits per heavy atom. The highest BCUT2D eigenvalue weighted by Crippen LogP contribution is 2.36. The lowest BCUT2D eigenvalue weighted by Gasteiger charge is -2.28. The van der Waals surface area contributed by atoms with E-state index in [1.165, 1.54) is 41.5 Å². The van der Waals surface area contributed by atoms with Crippen molar-refractivity contribution in [3.63, 3.8) is 0 Å². The molecule has 3 nitrogen and oxygen atoms in total. The Hall–Kier alpha value is -2.00. The van der Waals surface area contributed by atoms with Gasteiger partial charge in [-0.05, 0) is 79.3 Å². The molecule has 2 aliphatic rings. The maximum absolute atomic E-state index is 12.3. The molecule has 0 bridgehead atoms. The van der Waals surface area contributed by atoms with Gasteiger partial charge >= 0.3 is 6.09 Å². The van der Waals surface area contributed by atoms with Gasteiger partial charge < -0.3 is 4.74 Å². The number of carbonyl (C=O) groups is 1. The predicted molar refractivity (Wildman–Crippen MR) is 100 cm³/mol. The summed E-state index contributed by atoms with van der Waals surface area (Å²) < 4.78 is 5.76. The minimum atomic E-state index is -0.441. The molecule has 0 aromatic heterocycles. The van der Waals surface area contributed by atoms with Crippen molar-refractivity contribution >= 4 is 23.4 Å². The second-order valence-electron chi connectivity index (χ2n) is 6.92. The van der Waals surface area contributed by atoms with E-state index in [2.05, 4.69) is 17.4 Å². The first kappa shape index (κ1) is 16.5. The van der Waals surface area contributed by atoms with Crippen molar-refractivity contribution in [2.24, 2.45) is 0 Å². The zero-order valence-electron chi connectivity index (χ0n) is 14.2. The third kappa shape index (κ3) is 3.52. The van der Waals surface area contributed by atoms with E-state index in [1.54, 1.807) is 12.1 Å². The van der Waals surface area contributed by atoms with Crippen LogP contribution in [0.1, 0.15) is 54.0 Å². The van der Waals surface area contributed by atoms with E-state index in [4.69, 9.17) is 16.3 Å². The van der Waals surface area contributed by atoms with Crippen LogP contribution in [0.2, 0.25) is 5.02 Å². The summed E-state index contributed by atoms with van der Waals surface area (Å²) in [5, 5.41) is 3.27. The first-order valence-electron chi connectivity index (χ1n) is 9.07. The second-order valence-corrected chi connectivity index (χ2v) is 7.33. The molecular weight excluding hydrogens is 334 g/mol. The largest absolute Gasteiger partial charge is 0.441 e. The number of carbonyl (C=O) groups excluding carboxylic acids is 1. The highest BCUT2D eigenvalue weighted by Gasteiger charge is 2.26. The third-order valence-corrected chi connectivity index (χ3v) is 5.55. The standard InChI is InChI=1S/C21H22ClNO2/c22-18-9-3-4-10-19(18)23-21(24)25-20-11-5-8-16-12-14-6-1-2-7-15(14)13-17(16)20/h3-4,9-10,12-13,20H,1-2,5-8,11H2,(H,23,24). The molecule has 1 N–H and O–H groups in total. The van der Waals surface area contributed by atoms with E-state index in [1.807, 2.05) is 12.1 Å². The fourth-order valence-electron chi connectivity index (χ4n) is 3.96. The van der Waals surface area contributed by atoms with E-state index in [-0.39, 0.29) is 6.10 Å². The van der Waals surface area contributed by atoms with Gasteiger partial charge in [0.1, 0.15) is 6.10 Å². The number of hydrogen-bond donors (Lipinski definition) is 1. The van der Waals surface area contributed by atoms with Crippen LogP contribution in [0.4, 0.5) is 10.5 Å². The molecule has 0 fully saturated rings. The molecule has 0 radical (unpaired) electrons. The molecule has 2 aliphatic carbocycles. The second kappa shape index (κ2) is 7.09. The number of rotatable bonds is 2. The zero-order valence-corrected chi connectivity index (χ0v) is 14.9. The Bertz CT molecular complexity index is 802. The summed E-state index contributed by atoms with van der Waals surface area (Å²) in [7, 11) is 0. The number of nitrogens with one attached hydrogen (secondary N) is 1. The molecule has 2 aromatic rings. The van der Waals surface area contributed by atoms with Crippen LogP contribution in [0.5, 0.6) is 0 Å². The van der Waals surface area contributed by atoms with Gasteiger partial charge in [-0.25, -0.2) is 4.79 Å². The van der Waals surface area contributed by atoms with Gasteiger partial charge in [-0.3, -0.25) is 5.32 Å². The number of benzene rings is 2. The van der Waals surface area contributed by atoms with Crippen molar-refractivity contribution < 1.29 is 9.53 Å². The quantitative estimate of drug-likeness (QED) is 0.734. The average molecular weight is 356 g/mol. The minimum absolute atomic E-state index is 0.168. The number of ether oxygens (including phenoxy) is 1. The van der Waals surface area contributed by atoms with Crippen molar-refractivity contribution in [1.82, 2.24) is 0 Å². The van der Waals surface area contributed by atoms with Crippen LogP contribution in [-0.4, -0.2) is 6.09 Å². The van der Waals surface area contributed by atoms with Gasteiger partial charge in [0.15, 0.2) is 0 Å². The van der Waals surface area contributed by atoms with Gasteiger partial charge in [-0.1, -0.05) is 35.9 Å². The normalized spacial score (nSPS) is 18.8. The first-order valence-corrected chi connectivity index (χ1v) is 9.45. The molecule has 2 aromatic carbocycles. The monoisotopic (exact) mass is 355 g/mol. The van der Waals surface area contributed by atoms with Gasteiger partial charge in [-0.15, -0.1) is 0 Å². The Balaban J connectivity index is 1.52. The molecule has 130 valence electrons. The maximum Gasteiger partial charge on any atom is 0.412 e. The number of para-hydroxylation sites is 1. The molecule has 0 spiro atoms. The Labute approximate surface area is 153 Å². The third-order valence-electron chi connectivity index (χ3n) is 5.22. The molecule has 0 heterocycles. The maximum atomic E-state index is 12.3. The summed E-state index contributed by atoms with van der Waals surface area (Å²) in [6, 6.07) is 11.8. The van der Waals surface area contributed by atoms with Crippen LogP contribution in [0.15, 0.2) is 36.4 Å². The summed E-state index contributed by atoms with van der Waals surface area (Å²) in [6.45, 7) is 0. The van der Waals surface area contributed by atoms with Crippen LogP contribution >= 0.6 is 11.6 Å². The van der Waals surface area contributed by atoms with Crippen molar-refractivity contribution in [3.05, 3.63) is 63.7 Å². The fraction of sp³-hybridized carbons (Fsp3) is 0.381. The van der Waals surface area contributed by atoms with Crippen molar-refractivity contribution in [2.75, 3.05) is 5.32 Å². The lowest BCUT2D eigenvalue weighted by Crippen LogP contribution is -2.21. The molecule has 0 saturated carbocycles. The summed E-state index contributed by atoms with van der Waals surface area (Å²) in [5.74, 6) is 0. The number of halogens is 1. The van der Waals surface area contributed by atoms with Crippen molar-refractivity contribution in [1.29, 1.82) is 0 Å². The molecule has 1 atom stereocenters. The summed E-state index contributed by atoms with van der Waals surface area (Å²) >= 11 is 6.10. The molecule has 4 heteroatoms. The number of anilines is 1. The molecule has 1 amide bonds.